The van der Waals surface area contributed by atoms with Gasteiger partial charge in [-0.15, -0.1) is 12.4 Å². The van der Waals surface area contributed by atoms with Gasteiger partial charge < -0.3 is 10.5 Å². The van der Waals surface area contributed by atoms with Gasteiger partial charge in [0.25, 0.3) is 0 Å². The van der Waals surface area contributed by atoms with Crippen molar-refractivity contribution in [2.75, 3.05) is 13.2 Å². The van der Waals surface area contributed by atoms with E-state index in [2.05, 4.69) is 22.6 Å². The van der Waals surface area contributed by atoms with Crippen LogP contribution in [0.5, 0.6) is 5.75 Å². The van der Waals surface area contributed by atoms with Crippen LogP contribution in [0.15, 0.2) is 24.3 Å². The van der Waals surface area contributed by atoms with Gasteiger partial charge in [-0.25, -0.2) is 0 Å². The van der Waals surface area contributed by atoms with Crippen LogP contribution < -0.4 is 10.5 Å². The lowest BCUT2D eigenvalue weighted by Crippen LogP contribution is -2.10. The number of rotatable bonds is 3. The molecule has 4 heteroatoms. The molecule has 0 bridgehead atoms. The van der Waals surface area contributed by atoms with Crippen molar-refractivity contribution in [1.29, 1.82) is 0 Å². The number of nitrogens with two attached hydrogens (primary N) is 1. The zero-order valence-electron chi connectivity index (χ0n) is 6.50. The summed E-state index contributed by atoms with van der Waals surface area (Å²) in [6.07, 6.45) is 0. The van der Waals surface area contributed by atoms with E-state index in [0.717, 1.165) is 5.75 Å². The maximum Gasteiger partial charge on any atom is 0.119 e. The fraction of sp³-hybridized carbons (Fsp3) is 0.250. The Balaban J connectivity index is 0.00000121. The molecule has 68 valence electrons. The van der Waals surface area contributed by atoms with Gasteiger partial charge in [0.1, 0.15) is 12.4 Å². The molecule has 0 radical (unpaired) electrons. The van der Waals surface area contributed by atoms with Gasteiger partial charge in [0.05, 0.1) is 0 Å². The van der Waals surface area contributed by atoms with Crippen LogP contribution in [0.2, 0.25) is 0 Å². The summed E-state index contributed by atoms with van der Waals surface area (Å²) >= 11 is 2.25. The van der Waals surface area contributed by atoms with Crippen molar-refractivity contribution in [3.63, 3.8) is 0 Å². The molecule has 0 fully saturated rings. The number of halogens is 2. The van der Waals surface area contributed by atoms with Crippen LogP contribution in [-0.4, -0.2) is 13.2 Å². The van der Waals surface area contributed by atoms with Crippen molar-refractivity contribution >= 4 is 35.0 Å². The van der Waals surface area contributed by atoms with E-state index in [1.54, 1.807) is 0 Å². The molecule has 0 aliphatic rings. The molecule has 0 spiro atoms. The summed E-state index contributed by atoms with van der Waals surface area (Å²) < 4.78 is 6.49. The summed E-state index contributed by atoms with van der Waals surface area (Å²) in [7, 11) is 0. The molecule has 1 rings (SSSR count). The SMILES string of the molecule is Cl.NCCOc1ccc(I)cc1. The number of benzene rings is 1. The zero-order valence-corrected chi connectivity index (χ0v) is 9.47. The predicted molar refractivity (Wildman–Crippen MR) is 61.0 cm³/mol. The second-order valence-corrected chi connectivity index (χ2v) is 3.34. The van der Waals surface area contributed by atoms with Gasteiger partial charge in [0.15, 0.2) is 0 Å². The first-order valence-electron chi connectivity index (χ1n) is 3.41. The van der Waals surface area contributed by atoms with Crippen molar-refractivity contribution in [2.45, 2.75) is 0 Å². The molecule has 0 aromatic heterocycles. The standard InChI is InChI=1S/C8H10INO.ClH/c9-7-1-3-8(4-2-7)11-6-5-10;/h1-4H,5-6,10H2;1H. The molecule has 1 aromatic carbocycles. The third-order valence-electron chi connectivity index (χ3n) is 1.20. The molecule has 2 N–H and O–H groups in total. The van der Waals surface area contributed by atoms with Crippen molar-refractivity contribution in [3.8, 4) is 5.75 Å². The lowest BCUT2D eigenvalue weighted by molar-refractivity contribution is 0.328. The van der Waals surface area contributed by atoms with Crippen LogP contribution in [0.1, 0.15) is 0 Å². The van der Waals surface area contributed by atoms with Gasteiger partial charge in [-0.3, -0.25) is 0 Å². The minimum Gasteiger partial charge on any atom is -0.492 e. The summed E-state index contributed by atoms with van der Waals surface area (Å²) in [5, 5.41) is 0. The largest absolute Gasteiger partial charge is 0.492 e. The minimum absolute atomic E-state index is 0. The van der Waals surface area contributed by atoms with Crippen molar-refractivity contribution < 1.29 is 4.74 Å². The molecular weight excluding hydrogens is 288 g/mol. The lowest BCUT2D eigenvalue weighted by Gasteiger charge is -2.02. The van der Waals surface area contributed by atoms with Crippen molar-refractivity contribution in [1.82, 2.24) is 0 Å². The highest BCUT2D eigenvalue weighted by atomic mass is 127. The normalized spacial score (nSPS) is 8.83. The highest BCUT2D eigenvalue weighted by Crippen LogP contribution is 2.12. The van der Waals surface area contributed by atoms with Crippen molar-refractivity contribution in [2.24, 2.45) is 5.73 Å². The Morgan fingerprint density at radius 2 is 1.83 bits per heavy atom. The average molecular weight is 300 g/mol. The molecule has 1 aromatic rings. The van der Waals surface area contributed by atoms with E-state index in [1.165, 1.54) is 3.57 Å². The molecule has 0 unspecified atom stereocenters. The molecule has 0 heterocycles. The predicted octanol–water partition coefficient (Wildman–Crippen LogP) is 2.05. The molecule has 0 aliphatic heterocycles. The highest BCUT2D eigenvalue weighted by Gasteiger charge is 1.90. The maximum absolute atomic E-state index is 5.28. The first kappa shape index (κ1) is 12.0. The monoisotopic (exact) mass is 299 g/mol. The van der Waals surface area contributed by atoms with Gasteiger partial charge in [0.2, 0.25) is 0 Å². The van der Waals surface area contributed by atoms with E-state index in [4.69, 9.17) is 10.5 Å². The summed E-state index contributed by atoms with van der Waals surface area (Å²) in [4.78, 5) is 0. The van der Waals surface area contributed by atoms with Gasteiger partial charge in [-0.2, -0.15) is 0 Å². The minimum atomic E-state index is 0. The number of ether oxygens (including phenoxy) is 1. The Hall–Kier alpha value is -0.000000000000000111. The van der Waals surface area contributed by atoms with Crippen LogP contribution in [0, 0.1) is 3.57 Å². The molecule has 12 heavy (non-hydrogen) atoms. The molecule has 0 saturated carbocycles. The summed E-state index contributed by atoms with van der Waals surface area (Å²) in [5.74, 6) is 0.885. The third kappa shape index (κ3) is 4.13. The third-order valence-corrected chi connectivity index (χ3v) is 1.92. The first-order valence-corrected chi connectivity index (χ1v) is 4.49. The molecule has 0 aliphatic carbocycles. The fourth-order valence-corrected chi connectivity index (χ4v) is 1.07. The molecule has 2 nitrogen and oxygen atoms in total. The Morgan fingerprint density at radius 1 is 1.25 bits per heavy atom. The molecule has 0 atom stereocenters. The van der Waals surface area contributed by atoms with E-state index in [-0.39, 0.29) is 12.4 Å². The van der Waals surface area contributed by atoms with Crippen LogP contribution in [0.25, 0.3) is 0 Å². The van der Waals surface area contributed by atoms with E-state index in [1.807, 2.05) is 24.3 Å². The van der Waals surface area contributed by atoms with Crippen LogP contribution in [-0.2, 0) is 0 Å². The maximum atomic E-state index is 5.28. The quantitative estimate of drug-likeness (QED) is 0.867. The van der Waals surface area contributed by atoms with E-state index >= 15 is 0 Å². The van der Waals surface area contributed by atoms with E-state index in [0.29, 0.717) is 13.2 Å². The molecule has 0 amide bonds. The molecular formula is C8H11ClINO. The summed E-state index contributed by atoms with van der Waals surface area (Å²) in [6, 6.07) is 7.90. The van der Waals surface area contributed by atoms with Gasteiger partial charge >= 0.3 is 0 Å². The van der Waals surface area contributed by atoms with Gasteiger partial charge in [-0.1, -0.05) is 0 Å². The fourth-order valence-electron chi connectivity index (χ4n) is 0.708. The number of hydrogen-bond acceptors (Lipinski definition) is 2. The summed E-state index contributed by atoms with van der Waals surface area (Å²) in [6.45, 7) is 1.15. The highest BCUT2D eigenvalue weighted by molar-refractivity contribution is 14.1. The molecule has 0 saturated heterocycles. The Kier molecular flexibility index (Phi) is 6.51. The Morgan fingerprint density at radius 3 is 2.33 bits per heavy atom. The van der Waals surface area contributed by atoms with Crippen LogP contribution in [0.3, 0.4) is 0 Å². The lowest BCUT2D eigenvalue weighted by atomic mass is 10.3. The Bertz CT molecular complexity index is 215. The van der Waals surface area contributed by atoms with Gasteiger partial charge in [-0.05, 0) is 46.9 Å². The second-order valence-electron chi connectivity index (χ2n) is 2.09. The topological polar surface area (TPSA) is 35.2 Å². The Labute approximate surface area is 92.0 Å². The van der Waals surface area contributed by atoms with Crippen molar-refractivity contribution in [3.05, 3.63) is 27.8 Å². The van der Waals surface area contributed by atoms with Crippen LogP contribution >= 0.6 is 35.0 Å². The van der Waals surface area contributed by atoms with E-state index in [9.17, 15) is 0 Å². The first-order chi connectivity index (χ1) is 5.33. The smallest absolute Gasteiger partial charge is 0.119 e. The van der Waals surface area contributed by atoms with Crippen LogP contribution in [0.4, 0.5) is 0 Å². The zero-order chi connectivity index (χ0) is 8.10. The average Bonchev–Trinajstić information content (AvgIpc) is 2.04. The number of hydrogen-bond donors (Lipinski definition) is 1. The van der Waals surface area contributed by atoms with Gasteiger partial charge in [0, 0.05) is 10.1 Å². The van der Waals surface area contributed by atoms with E-state index < -0.39 is 0 Å². The summed E-state index contributed by atoms with van der Waals surface area (Å²) in [5.41, 5.74) is 5.28. The second kappa shape index (κ2) is 6.51.